The molecular weight excluding hydrogens is 770 g/mol. The predicted molar refractivity (Wildman–Crippen MR) is 277 cm³/mol. The van der Waals surface area contributed by atoms with Gasteiger partial charge in [0.1, 0.15) is 0 Å². The summed E-state index contributed by atoms with van der Waals surface area (Å²) in [4.78, 5) is 0. The summed E-state index contributed by atoms with van der Waals surface area (Å²) in [5, 5.41) is 5.19. The Labute approximate surface area is 375 Å². The Bertz CT molecular complexity index is 3500. The van der Waals surface area contributed by atoms with Gasteiger partial charge in [-0.1, -0.05) is 178 Å². The van der Waals surface area contributed by atoms with E-state index >= 15 is 0 Å². The van der Waals surface area contributed by atoms with E-state index in [4.69, 9.17) is 0 Å². The average Bonchev–Trinajstić information content (AvgIpc) is 3.82. The van der Waals surface area contributed by atoms with Crippen molar-refractivity contribution in [3.63, 3.8) is 0 Å². The lowest BCUT2D eigenvalue weighted by molar-refractivity contribution is 1.16. The lowest BCUT2D eigenvalue weighted by Crippen LogP contribution is -2.61. The normalized spacial score (nSPS) is 12.8. The molecule has 11 aromatic rings. The van der Waals surface area contributed by atoms with E-state index in [2.05, 4.69) is 221 Å². The number of benzene rings is 9. The first-order valence-corrected chi connectivity index (χ1v) is 22.8. The van der Waals surface area contributed by atoms with E-state index in [0.29, 0.717) is 0 Å². The molecule has 0 bridgehead atoms. The molecule has 0 fully saturated rings. The van der Waals surface area contributed by atoms with Crippen LogP contribution in [0.5, 0.6) is 0 Å². The van der Waals surface area contributed by atoms with Crippen LogP contribution in [0.1, 0.15) is 33.4 Å². The summed E-state index contributed by atoms with van der Waals surface area (Å²) in [6, 6.07) is 64.8. The van der Waals surface area contributed by atoms with Gasteiger partial charge in [0.15, 0.2) is 0 Å². The number of hydrogen-bond donors (Lipinski definition) is 0. The van der Waals surface area contributed by atoms with Crippen LogP contribution < -0.4 is 32.8 Å². The number of hydrogen-bond acceptors (Lipinski definition) is 0. The van der Waals surface area contributed by atoms with Crippen molar-refractivity contribution in [1.82, 2.24) is 9.13 Å². The van der Waals surface area contributed by atoms with E-state index in [1.54, 1.807) is 0 Å². The minimum Gasteiger partial charge on any atom is -0.310 e. The largest absolute Gasteiger partial charge is 0.310 e. The first-order chi connectivity index (χ1) is 31.2. The number of aromatic nitrogens is 2. The number of aryl methyl sites for hydroxylation is 6. The smallest absolute Gasteiger partial charge is 0.247 e. The van der Waals surface area contributed by atoms with Gasteiger partial charge in [0.25, 0.3) is 0 Å². The Morgan fingerprint density at radius 2 is 0.703 bits per heavy atom. The van der Waals surface area contributed by atoms with Gasteiger partial charge in [-0.25, -0.2) is 0 Å². The maximum Gasteiger partial charge on any atom is 0.247 e. The second-order valence-corrected chi connectivity index (χ2v) is 18.8. The van der Waals surface area contributed by atoms with E-state index in [-0.39, 0.29) is 13.4 Å². The Morgan fingerprint density at radius 3 is 1.09 bits per heavy atom. The predicted octanol–water partition coefficient (Wildman–Crippen LogP) is 10.7. The van der Waals surface area contributed by atoms with E-state index < -0.39 is 0 Å². The lowest BCUT2D eigenvalue weighted by atomic mass is 9.32. The molecule has 2 aliphatic rings. The molecule has 4 heterocycles. The molecule has 13 rings (SSSR count). The third-order valence-corrected chi connectivity index (χ3v) is 14.8. The van der Waals surface area contributed by atoms with Crippen molar-refractivity contribution in [2.45, 2.75) is 41.5 Å². The van der Waals surface area contributed by atoms with E-state index in [1.807, 2.05) is 0 Å². The highest BCUT2D eigenvalue weighted by atomic mass is 15.0. The SMILES string of the molecule is Cc1cc(C)c(B2c3cc4c(cc3-n3c5ccc(-c6ccccc6)cc5c5cccc2c53)B(c2c(C)cc(C)cc2C)c2cccc3c5cc(-c6ccccc6)ccc5n-4c23)c(C)c1. The van der Waals surface area contributed by atoms with Crippen molar-refractivity contribution in [1.29, 1.82) is 0 Å². The van der Waals surface area contributed by atoms with E-state index in [0.717, 1.165) is 0 Å². The van der Waals surface area contributed by atoms with Crippen LogP contribution in [0.15, 0.2) is 170 Å². The number of rotatable bonds is 4. The first-order valence-electron chi connectivity index (χ1n) is 22.8. The molecule has 0 amide bonds. The summed E-state index contributed by atoms with van der Waals surface area (Å²) in [5.41, 5.74) is 28.9. The molecule has 0 spiro atoms. The molecule has 0 unspecified atom stereocenters. The minimum absolute atomic E-state index is 0.0375. The Balaban J connectivity index is 1.19. The highest BCUT2D eigenvalue weighted by Crippen LogP contribution is 2.39. The van der Waals surface area contributed by atoms with Crippen molar-refractivity contribution in [2.75, 3.05) is 0 Å². The average molecular weight is 817 g/mol. The van der Waals surface area contributed by atoms with Crippen molar-refractivity contribution in [3.05, 3.63) is 203 Å². The van der Waals surface area contributed by atoms with Crippen LogP contribution in [-0.2, 0) is 0 Å². The molecule has 0 aliphatic carbocycles. The van der Waals surface area contributed by atoms with Gasteiger partial charge < -0.3 is 9.13 Å². The number of nitrogens with zero attached hydrogens (tertiary/aromatic N) is 2. The molecule has 302 valence electrons. The summed E-state index contributed by atoms with van der Waals surface area (Å²) >= 11 is 0. The van der Waals surface area contributed by atoms with Crippen LogP contribution in [0.3, 0.4) is 0 Å². The van der Waals surface area contributed by atoms with Gasteiger partial charge in [0.2, 0.25) is 13.4 Å². The first kappa shape index (κ1) is 37.3. The fraction of sp³-hybridized carbons (Fsp3) is 0.100. The lowest BCUT2D eigenvalue weighted by Gasteiger charge is -2.34. The molecule has 2 aromatic heterocycles. The van der Waals surface area contributed by atoms with Gasteiger partial charge >= 0.3 is 0 Å². The Hall–Kier alpha value is -7.29. The summed E-state index contributed by atoms with van der Waals surface area (Å²) < 4.78 is 5.25. The van der Waals surface area contributed by atoms with Gasteiger partial charge in [0, 0.05) is 44.0 Å². The van der Waals surface area contributed by atoms with Crippen LogP contribution >= 0.6 is 0 Å². The molecule has 0 saturated carbocycles. The molecular formula is C60H46B2N2. The molecule has 9 aromatic carbocycles. The summed E-state index contributed by atoms with van der Waals surface area (Å²) in [6.45, 7) is 13.8. The van der Waals surface area contributed by atoms with Crippen LogP contribution in [0, 0.1) is 41.5 Å². The van der Waals surface area contributed by atoms with Gasteiger partial charge in [-0.05, 0) is 122 Å². The zero-order valence-corrected chi connectivity index (χ0v) is 37.2. The third-order valence-electron chi connectivity index (χ3n) is 14.8. The minimum atomic E-state index is 0.0375. The second-order valence-electron chi connectivity index (χ2n) is 18.8. The standard InChI is InChI=1S/C60H46B2N2/c1-35-27-37(3)57(38(4)28-35)61-49-21-13-19-45-47-31-43(41-15-9-7-10-16-41)23-25-53(47)63(59(45)49)55-34-52-56(33-51(55)61)64-54-26-24-44(42-17-11-8-12-18-42)32-48(54)46-20-14-22-50(60(46)64)62(52)58-39(5)29-36(2)30-40(58)6/h7-34H,1-6H3. The van der Waals surface area contributed by atoms with E-state index in [9.17, 15) is 0 Å². The molecule has 0 atom stereocenters. The molecule has 0 N–H and O–H groups in total. The molecule has 64 heavy (non-hydrogen) atoms. The summed E-state index contributed by atoms with van der Waals surface area (Å²) in [7, 11) is 0. The van der Waals surface area contributed by atoms with Gasteiger partial charge in [-0.3, -0.25) is 0 Å². The van der Waals surface area contributed by atoms with Crippen molar-refractivity contribution in [2.24, 2.45) is 0 Å². The molecule has 0 saturated heterocycles. The fourth-order valence-corrected chi connectivity index (χ4v) is 12.5. The van der Waals surface area contributed by atoms with Crippen LogP contribution in [-0.4, -0.2) is 22.6 Å². The van der Waals surface area contributed by atoms with Crippen molar-refractivity contribution in [3.8, 4) is 33.6 Å². The highest BCUT2D eigenvalue weighted by Gasteiger charge is 2.41. The Morgan fingerprint density at radius 1 is 0.312 bits per heavy atom. The highest BCUT2D eigenvalue weighted by molar-refractivity contribution is 7.00. The Kier molecular flexibility index (Phi) is 7.92. The number of fused-ring (bicyclic) bond motifs is 10. The zero-order chi connectivity index (χ0) is 43.1. The zero-order valence-electron chi connectivity index (χ0n) is 37.2. The summed E-state index contributed by atoms with van der Waals surface area (Å²) in [6.07, 6.45) is 0. The maximum absolute atomic E-state index is 2.63. The quantitative estimate of drug-likeness (QED) is 0.157. The van der Waals surface area contributed by atoms with Crippen LogP contribution in [0.25, 0.3) is 77.2 Å². The van der Waals surface area contributed by atoms with Crippen LogP contribution in [0.4, 0.5) is 0 Å². The van der Waals surface area contributed by atoms with Crippen molar-refractivity contribution < 1.29 is 0 Å². The third kappa shape index (κ3) is 5.17. The fourth-order valence-electron chi connectivity index (χ4n) is 12.5. The van der Waals surface area contributed by atoms with Crippen LogP contribution in [0.2, 0.25) is 0 Å². The topological polar surface area (TPSA) is 9.86 Å². The summed E-state index contributed by atoms with van der Waals surface area (Å²) in [5.74, 6) is 0. The molecule has 2 nitrogen and oxygen atoms in total. The number of para-hydroxylation sites is 2. The monoisotopic (exact) mass is 816 g/mol. The van der Waals surface area contributed by atoms with E-state index in [1.165, 1.54) is 143 Å². The molecule has 2 aliphatic heterocycles. The van der Waals surface area contributed by atoms with Gasteiger partial charge in [-0.2, -0.15) is 0 Å². The van der Waals surface area contributed by atoms with Gasteiger partial charge in [0.05, 0.1) is 11.0 Å². The molecule has 4 heteroatoms. The van der Waals surface area contributed by atoms with Gasteiger partial charge in [-0.15, -0.1) is 0 Å². The second kappa shape index (κ2) is 13.6. The maximum atomic E-state index is 2.63. The molecule has 0 radical (unpaired) electrons. The van der Waals surface area contributed by atoms with Crippen molar-refractivity contribution >= 4 is 89.8 Å².